The van der Waals surface area contributed by atoms with Crippen molar-refractivity contribution in [2.75, 3.05) is 6.61 Å². The average Bonchev–Trinajstić information content (AvgIpc) is 2.65. The molecule has 1 aliphatic rings. The maximum absolute atomic E-state index is 13.0. The van der Waals surface area contributed by atoms with Crippen LogP contribution in [0.4, 0.5) is 4.39 Å². The van der Waals surface area contributed by atoms with Gasteiger partial charge in [-0.15, -0.1) is 0 Å². The van der Waals surface area contributed by atoms with E-state index < -0.39 is 6.17 Å². The molecule has 1 aromatic rings. The van der Waals surface area contributed by atoms with Crippen molar-refractivity contribution in [1.29, 1.82) is 0 Å². The minimum absolute atomic E-state index is 0.297. The molecule has 0 saturated heterocycles. The van der Waals surface area contributed by atoms with E-state index in [0.29, 0.717) is 26.0 Å². The lowest BCUT2D eigenvalue weighted by molar-refractivity contribution is -0.140. The summed E-state index contributed by atoms with van der Waals surface area (Å²) >= 11 is 0. The van der Waals surface area contributed by atoms with Crippen molar-refractivity contribution in [1.82, 2.24) is 9.55 Å². The van der Waals surface area contributed by atoms with Gasteiger partial charge in [0.2, 0.25) is 0 Å². The van der Waals surface area contributed by atoms with Crippen molar-refractivity contribution in [2.45, 2.75) is 32.5 Å². The number of carbonyl (C=O) groups excluding carboxylic acids is 1. The molecule has 0 unspecified atom stereocenters. The number of ether oxygens (including phenoxy) is 1. The monoisotopic (exact) mass is 212 g/mol. The fraction of sp³-hybridized carbons (Fsp3) is 0.600. The van der Waals surface area contributed by atoms with Gasteiger partial charge in [0.15, 0.2) is 0 Å². The summed E-state index contributed by atoms with van der Waals surface area (Å²) in [5.74, 6) is -0.297. The molecule has 0 spiro atoms. The molecule has 4 nitrogen and oxygen atoms in total. The molecule has 0 fully saturated rings. The highest BCUT2D eigenvalue weighted by Crippen LogP contribution is 2.20. The molecule has 2 rings (SSSR count). The number of alkyl halides is 1. The molecule has 0 radical (unpaired) electrons. The second-order valence-electron chi connectivity index (χ2n) is 3.68. The van der Waals surface area contributed by atoms with E-state index in [0.717, 1.165) is 11.4 Å². The van der Waals surface area contributed by atoms with Crippen LogP contribution in [0.2, 0.25) is 0 Å². The predicted molar refractivity (Wildman–Crippen MR) is 51.2 cm³/mol. The normalized spacial score (nSPS) is 18.9. The Kier molecular flexibility index (Phi) is 2.70. The lowest BCUT2D eigenvalue weighted by atomic mass is 10.2. The van der Waals surface area contributed by atoms with Crippen molar-refractivity contribution < 1.29 is 13.9 Å². The van der Waals surface area contributed by atoms with Gasteiger partial charge < -0.3 is 9.30 Å². The van der Waals surface area contributed by atoms with E-state index in [1.807, 2.05) is 4.57 Å². The topological polar surface area (TPSA) is 44.1 Å². The Hall–Kier alpha value is -1.39. The van der Waals surface area contributed by atoms with Gasteiger partial charge in [0, 0.05) is 25.5 Å². The van der Waals surface area contributed by atoms with Crippen LogP contribution < -0.4 is 0 Å². The molecule has 1 aromatic heterocycles. The minimum Gasteiger partial charge on any atom is -0.465 e. The summed E-state index contributed by atoms with van der Waals surface area (Å²) < 4.78 is 19.7. The van der Waals surface area contributed by atoms with Gasteiger partial charge in [0.05, 0.1) is 25.2 Å². The van der Waals surface area contributed by atoms with Crippen molar-refractivity contribution in [3.63, 3.8) is 0 Å². The molecule has 2 heterocycles. The van der Waals surface area contributed by atoms with Gasteiger partial charge in [0.25, 0.3) is 0 Å². The predicted octanol–water partition coefficient (Wildman–Crippen LogP) is 0.883. The number of esters is 1. The molecular weight excluding hydrogens is 199 g/mol. The van der Waals surface area contributed by atoms with Crippen LogP contribution in [-0.2, 0) is 28.9 Å². The SMILES string of the molecule is CC(=O)OCCc1ncn2c1C[C@@H](F)C2. The smallest absolute Gasteiger partial charge is 0.302 e. The van der Waals surface area contributed by atoms with Crippen LogP contribution in [0.1, 0.15) is 18.3 Å². The van der Waals surface area contributed by atoms with Crippen LogP contribution >= 0.6 is 0 Å². The third-order valence-corrected chi connectivity index (χ3v) is 2.49. The molecule has 0 saturated carbocycles. The highest BCUT2D eigenvalue weighted by molar-refractivity contribution is 5.65. The highest BCUT2D eigenvalue weighted by atomic mass is 19.1. The first kappa shape index (κ1) is 10.1. The first-order valence-corrected chi connectivity index (χ1v) is 4.97. The summed E-state index contributed by atoms with van der Waals surface area (Å²) in [7, 11) is 0. The summed E-state index contributed by atoms with van der Waals surface area (Å²) in [5.41, 5.74) is 1.78. The quantitative estimate of drug-likeness (QED) is 0.699. The van der Waals surface area contributed by atoms with Gasteiger partial charge in [-0.2, -0.15) is 0 Å². The van der Waals surface area contributed by atoms with Crippen LogP contribution in [0.25, 0.3) is 0 Å². The zero-order valence-corrected chi connectivity index (χ0v) is 8.57. The lowest BCUT2D eigenvalue weighted by Crippen LogP contribution is -2.05. The Bertz CT molecular complexity index is 375. The number of imidazole rings is 1. The first-order chi connectivity index (χ1) is 7.16. The molecule has 1 atom stereocenters. The van der Waals surface area contributed by atoms with E-state index in [-0.39, 0.29) is 5.97 Å². The summed E-state index contributed by atoms with van der Waals surface area (Å²) in [6, 6.07) is 0. The van der Waals surface area contributed by atoms with Crippen molar-refractivity contribution >= 4 is 5.97 Å². The fourth-order valence-corrected chi connectivity index (χ4v) is 1.83. The Balaban J connectivity index is 1.96. The number of hydrogen-bond acceptors (Lipinski definition) is 3. The summed E-state index contributed by atoms with van der Waals surface area (Å²) in [6.07, 6.45) is 1.85. The fourth-order valence-electron chi connectivity index (χ4n) is 1.83. The number of rotatable bonds is 3. The molecule has 5 heteroatoms. The highest BCUT2D eigenvalue weighted by Gasteiger charge is 2.24. The maximum atomic E-state index is 13.0. The molecule has 0 aromatic carbocycles. The molecule has 0 N–H and O–H groups in total. The van der Waals surface area contributed by atoms with Crippen LogP contribution in [-0.4, -0.2) is 28.3 Å². The van der Waals surface area contributed by atoms with E-state index in [1.54, 1.807) is 6.33 Å². The second-order valence-corrected chi connectivity index (χ2v) is 3.68. The van der Waals surface area contributed by atoms with Gasteiger partial charge in [0.1, 0.15) is 6.17 Å². The minimum atomic E-state index is -0.796. The molecule has 0 amide bonds. The van der Waals surface area contributed by atoms with E-state index in [9.17, 15) is 9.18 Å². The summed E-state index contributed by atoms with van der Waals surface area (Å²) in [6.45, 7) is 2.08. The van der Waals surface area contributed by atoms with Crippen LogP contribution in [0.5, 0.6) is 0 Å². The zero-order chi connectivity index (χ0) is 10.8. The Morgan fingerprint density at radius 1 is 1.80 bits per heavy atom. The van der Waals surface area contributed by atoms with Gasteiger partial charge in [-0.05, 0) is 0 Å². The van der Waals surface area contributed by atoms with E-state index in [1.165, 1.54) is 6.92 Å². The number of carbonyl (C=O) groups is 1. The Labute approximate surface area is 87.1 Å². The van der Waals surface area contributed by atoms with Crippen LogP contribution in [0, 0.1) is 0 Å². The number of fused-ring (bicyclic) bond motifs is 1. The Morgan fingerprint density at radius 2 is 2.60 bits per heavy atom. The van der Waals surface area contributed by atoms with E-state index >= 15 is 0 Å². The van der Waals surface area contributed by atoms with Crippen molar-refractivity contribution in [3.8, 4) is 0 Å². The molecule has 15 heavy (non-hydrogen) atoms. The number of halogens is 1. The number of nitrogens with zero attached hydrogens (tertiary/aromatic N) is 2. The van der Waals surface area contributed by atoms with Gasteiger partial charge >= 0.3 is 5.97 Å². The average molecular weight is 212 g/mol. The molecule has 1 aliphatic heterocycles. The van der Waals surface area contributed by atoms with Gasteiger partial charge in [-0.3, -0.25) is 4.79 Å². The van der Waals surface area contributed by atoms with Crippen LogP contribution in [0.15, 0.2) is 6.33 Å². The first-order valence-electron chi connectivity index (χ1n) is 4.97. The second kappa shape index (κ2) is 4.00. The number of hydrogen-bond donors (Lipinski definition) is 0. The van der Waals surface area contributed by atoms with Crippen LogP contribution in [0.3, 0.4) is 0 Å². The third-order valence-electron chi connectivity index (χ3n) is 2.49. The summed E-state index contributed by atoms with van der Waals surface area (Å²) in [5, 5.41) is 0. The Morgan fingerprint density at radius 3 is 3.33 bits per heavy atom. The summed E-state index contributed by atoms with van der Waals surface area (Å²) in [4.78, 5) is 14.7. The molecule has 82 valence electrons. The lowest BCUT2D eigenvalue weighted by Gasteiger charge is -2.01. The van der Waals surface area contributed by atoms with E-state index in [4.69, 9.17) is 4.74 Å². The number of aromatic nitrogens is 2. The van der Waals surface area contributed by atoms with Crippen molar-refractivity contribution in [2.24, 2.45) is 0 Å². The molecular formula is C10H13FN2O2. The molecule has 0 bridgehead atoms. The standard InChI is InChI=1S/C10H13FN2O2/c1-7(14)15-3-2-9-10-4-8(11)5-13(10)6-12-9/h6,8H,2-5H2,1H3/t8-/m1/s1. The zero-order valence-electron chi connectivity index (χ0n) is 8.57. The largest absolute Gasteiger partial charge is 0.465 e. The van der Waals surface area contributed by atoms with Crippen molar-refractivity contribution in [3.05, 3.63) is 17.7 Å². The third kappa shape index (κ3) is 2.16. The maximum Gasteiger partial charge on any atom is 0.302 e. The van der Waals surface area contributed by atoms with Gasteiger partial charge in [-0.1, -0.05) is 0 Å². The van der Waals surface area contributed by atoms with E-state index in [2.05, 4.69) is 4.98 Å². The van der Waals surface area contributed by atoms with Gasteiger partial charge in [-0.25, -0.2) is 9.37 Å². The molecule has 0 aliphatic carbocycles.